The zero-order valence-electron chi connectivity index (χ0n) is 15.2. The van der Waals surface area contributed by atoms with Gasteiger partial charge in [0, 0.05) is 25.3 Å². The Morgan fingerprint density at radius 1 is 1.19 bits per heavy atom. The van der Waals surface area contributed by atoms with E-state index in [9.17, 15) is 19.2 Å². The van der Waals surface area contributed by atoms with Crippen molar-refractivity contribution in [1.82, 2.24) is 0 Å². The minimum absolute atomic E-state index is 0.118. The van der Waals surface area contributed by atoms with Gasteiger partial charge in [0.1, 0.15) is 18.3 Å². The first kappa shape index (κ1) is 18.4. The molecule has 7 heteroatoms. The lowest BCUT2D eigenvalue weighted by Crippen LogP contribution is -2.49. The molecule has 2 aliphatic carbocycles. The third-order valence-corrected chi connectivity index (χ3v) is 5.86. The highest BCUT2D eigenvalue weighted by Gasteiger charge is 2.65. The number of hydrogen-bond donors (Lipinski definition) is 0. The molecule has 1 unspecified atom stereocenters. The van der Waals surface area contributed by atoms with Gasteiger partial charge in [-0.2, -0.15) is 0 Å². The van der Waals surface area contributed by atoms with E-state index in [1.165, 1.54) is 19.9 Å². The van der Waals surface area contributed by atoms with Gasteiger partial charge >= 0.3 is 17.9 Å². The number of fused-ring (bicyclic) bond motifs is 2. The van der Waals surface area contributed by atoms with Crippen LogP contribution in [0.2, 0.25) is 0 Å². The van der Waals surface area contributed by atoms with Crippen LogP contribution in [0.3, 0.4) is 0 Å². The minimum atomic E-state index is -1.10. The molecule has 7 nitrogen and oxygen atoms in total. The van der Waals surface area contributed by atoms with Crippen molar-refractivity contribution in [2.45, 2.75) is 46.0 Å². The zero-order chi connectivity index (χ0) is 19.4. The van der Waals surface area contributed by atoms with E-state index in [1.54, 1.807) is 13.0 Å². The molecular formula is C19H22O7. The van der Waals surface area contributed by atoms with E-state index in [0.29, 0.717) is 0 Å². The molecule has 2 fully saturated rings. The molecule has 0 N–H and O–H groups in total. The van der Waals surface area contributed by atoms with Crippen molar-refractivity contribution in [1.29, 1.82) is 0 Å². The predicted octanol–water partition coefficient (Wildman–Crippen LogP) is 1.36. The van der Waals surface area contributed by atoms with Crippen LogP contribution in [0.1, 0.15) is 27.7 Å². The average molecular weight is 362 g/mol. The molecule has 1 heterocycles. The fraction of sp³-hybridized carbons (Fsp3) is 0.579. The van der Waals surface area contributed by atoms with Crippen LogP contribution in [0.15, 0.2) is 24.3 Å². The van der Waals surface area contributed by atoms with Crippen molar-refractivity contribution in [3.05, 3.63) is 24.3 Å². The van der Waals surface area contributed by atoms with Crippen LogP contribution in [-0.2, 0) is 33.4 Å². The molecule has 0 radical (unpaired) electrons. The Labute approximate surface area is 151 Å². The molecule has 0 aromatic rings. The summed E-state index contributed by atoms with van der Waals surface area (Å²) >= 11 is 0. The Morgan fingerprint density at radius 3 is 2.38 bits per heavy atom. The number of hydrogen-bond acceptors (Lipinski definition) is 7. The Kier molecular flexibility index (Phi) is 4.29. The van der Waals surface area contributed by atoms with Crippen LogP contribution in [0.4, 0.5) is 0 Å². The van der Waals surface area contributed by atoms with Crippen LogP contribution >= 0.6 is 0 Å². The lowest BCUT2D eigenvalue weighted by molar-refractivity contribution is -0.168. The number of rotatable bonds is 2. The summed E-state index contributed by atoms with van der Waals surface area (Å²) in [4.78, 5) is 48.4. The molecule has 0 spiro atoms. The second kappa shape index (κ2) is 6.07. The second-order valence-corrected chi connectivity index (χ2v) is 7.42. The molecule has 3 rings (SSSR count). The van der Waals surface area contributed by atoms with E-state index in [-0.39, 0.29) is 23.2 Å². The van der Waals surface area contributed by atoms with Gasteiger partial charge in [-0.05, 0) is 18.9 Å². The molecule has 3 aliphatic rings. The van der Waals surface area contributed by atoms with Crippen molar-refractivity contribution in [3.63, 3.8) is 0 Å². The molecule has 140 valence electrons. The standard InChI is InChI=1S/C19H22O7/c1-8-12-6-7-13(22)19(12,5)17(25-11(4)21)14-9(2)18(23)26-16(14)15(8)24-10(3)20/h6-8,12,14-17H,2H2,1,3-5H3/t8-,12?,14+,15+,16+,17-,19-/m0/s1. The molecule has 26 heavy (non-hydrogen) atoms. The second-order valence-electron chi connectivity index (χ2n) is 7.42. The highest BCUT2D eigenvalue weighted by atomic mass is 16.6. The first-order chi connectivity index (χ1) is 12.1. The van der Waals surface area contributed by atoms with Crippen LogP contribution in [-0.4, -0.2) is 42.0 Å². The number of carbonyl (C=O) groups excluding carboxylic acids is 4. The maximum atomic E-state index is 12.8. The number of ether oxygens (including phenoxy) is 3. The van der Waals surface area contributed by atoms with Gasteiger partial charge in [-0.3, -0.25) is 14.4 Å². The highest BCUT2D eigenvalue weighted by molar-refractivity contribution is 5.99. The van der Waals surface area contributed by atoms with Crippen molar-refractivity contribution in [2.24, 2.45) is 23.2 Å². The molecule has 1 saturated carbocycles. The van der Waals surface area contributed by atoms with Crippen LogP contribution in [0.5, 0.6) is 0 Å². The van der Waals surface area contributed by atoms with E-state index in [1.807, 2.05) is 6.92 Å². The molecule has 0 bridgehead atoms. The van der Waals surface area contributed by atoms with E-state index in [2.05, 4.69) is 6.58 Å². The van der Waals surface area contributed by atoms with Gasteiger partial charge < -0.3 is 14.2 Å². The van der Waals surface area contributed by atoms with Gasteiger partial charge in [0.15, 0.2) is 5.78 Å². The molecule has 1 saturated heterocycles. The van der Waals surface area contributed by atoms with E-state index >= 15 is 0 Å². The van der Waals surface area contributed by atoms with Gasteiger partial charge in [-0.25, -0.2) is 4.79 Å². The number of allylic oxidation sites excluding steroid dienone is 2. The number of ketones is 1. The summed E-state index contributed by atoms with van der Waals surface area (Å²) in [7, 11) is 0. The fourth-order valence-corrected chi connectivity index (χ4v) is 4.64. The topological polar surface area (TPSA) is 96.0 Å². The summed E-state index contributed by atoms with van der Waals surface area (Å²) in [6, 6.07) is 0. The summed E-state index contributed by atoms with van der Waals surface area (Å²) < 4.78 is 16.5. The summed E-state index contributed by atoms with van der Waals surface area (Å²) in [6.07, 6.45) is 0.636. The van der Waals surface area contributed by atoms with Gasteiger partial charge in [0.05, 0.1) is 11.3 Å². The molecule has 0 aromatic heterocycles. The van der Waals surface area contributed by atoms with Crippen molar-refractivity contribution >= 4 is 23.7 Å². The van der Waals surface area contributed by atoms with Gasteiger partial charge in [0.25, 0.3) is 0 Å². The first-order valence-electron chi connectivity index (χ1n) is 8.55. The Balaban J connectivity index is 2.18. The SMILES string of the molecule is C=C1C(=O)O[C@H]2[C@H](OC(C)=O)[C@@H](C)C3C=CC(=O)[C@@]3(C)[C@@H](OC(C)=O)[C@H]12. The summed E-state index contributed by atoms with van der Waals surface area (Å²) in [5.41, 5.74) is -0.980. The third-order valence-electron chi connectivity index (χ3n) is 5.86. The summed E-state index contributed by atoms with van der Waals surface area (Å²) in [6.45, 7) is 9.86. The van der Waals surface area contributed by atoms with Crippen molar-refractivity contribution in [3.8, 4) is 0 Å². The normalized spacial score (nSPS) is 41.2. The molecular weight excluding hydrogens is 340 g/mol. The van der Waals surface area contributed by atoms with Crippen LogP contribution in [0.25, 0.3) is 0 Å². The molecule has 1 aliphatic heterocycles. The van der Waals surface area contributed by atoms with Gasteiger partial charge in [-0.15, -0.1) is 0 Å². The monoisotopic (exact) mass is 362 g/mol. The smallest absolute Gasteiger partial charge is 0.334 e. The average Bonchev–Trinajstić information content (AvgIpc) is 2.98. The Hall–Kier alpha value is -2.44. The quantitative estimate of drug-likeness (QED) is 0.416. The van der Waals surface area contributed by atoms with Gasteiger partial charge in [0.2, 0.25) is 0 Å². The van der Waals surface area contributed by atoms with Crippen molar-refractivity contribution in [2.75, 3.05) is 0 Å². The van der Waals surface area contributed by atoms with Crippen LogP contribution in [0, 0.1) is 23.2 Å². The van der Waals surface area contributed by atoms with E-state index in [0.717, 1.165) is 0 Å². The summed E-state index contributed by atoms with van der Waals surface area (Å²) in [5.74, 6) is -3.37. The third kappa shape index (κ3) is 2.48. The largest absolute Gasteiger partial charge is 0.461 e. The number of carbonyl (C=O) groups is 4. The van der Waals surface area contributed by atoms with Gasteiger partial charge in [-0.1, -0.05) is 19.6 Å². The van der Waals surface area contributed by atoms with E-state index < -0.39 is 47.6 Å². The molecule has 0 amide bonds. The maximum absolute atomic E-state index is 12.8. The highest BCUT2D eigenvalue weighted by Crippen LogP contribution is 2.54. The predicted molar refractivity (Wildman–Crippen MR) is 88.5 cm³/mol. The zero-order valence-corrected chi connectivity index (χ0v) is 15.2. The Bertz CT molecular complexity index is 736. The van der Waals surface area contributed by atoms with E-state index in [4.69, 9.17) is 14.2 Å². The minimum Gasteiger partial charge on any atom is -0.461 e. The molecule has 0 aromatic carbocycles. The first-order valence-corrected chi connectivity index (χ1v) is 8.55. The lowest BCUT2D eigenvalue weighted by atomic mass is 9.67. The van der Waals surface area contributed by atoms with Crippen LogP contribution < -0.4 is 0 Å². The van der Waals surface area contributed by atoms with Crippen molar-refractivity contribution < 1.29 is 33.4 Å². The fourth-order valence-electron chi connectivity index (χ4n) is 4.64. The number of esters is 3. The Morgan fingerprint density at radius 2 is 1.81 bits per heavy atom. The molecule has 7 atom stereocenters. The summed E-state index contributed by atoms with van der Waals surface area (Å²) in [5, 5.41) is 0. The maximum Gasteiger partial charge on any atom is 0.334 e. The lowest BCUT2D eigenvalue weighted by Gasteiger charge is -2.39.